The number of hydrogen-bond donors (Lipinski definition) is 2. The van der Waals surface area contributed by atoms with Crippen molar-refractivity contribution in [2.45, 2.75) is 59.4 Å². The van der Waals surface area contributed by atoms with E-state index in [-0.39, 0.29) is 11.9 Å². The highest BCUT2D eigenvalue weighted by atomic mass is 16.2. The van der Waals surface area contributed by atoms with Crippen LogP contribution in [0.3, 0.4) is 0 Å². The second-order valence-corrected chi connectivity index (χ2v) is 4.46. The van der Waals surface area contributed by atoms with Gasteiger partial charge >= 0.3 is 0 Å². The second kappa shape index (κ2) is 9.64. The third-order valence-electron chi connectivity index (χ3n) is 3.09. The van der Waals surface area contributed by atoms with E-state index < -0.39 is 0 Å². The minimum absolute atomic E-state index is 0.0718. The first kappa shape index (κ1) is 15.4. The van der Waals surface area contributed by atoms with E-state index in [1.165, 1.54) is 12.8 Å². The Kier molecular flexibility index (Phi) is 9.30. The van der Waals surface area contributed by atoms with E-state index in [9.17, 15) is 4.79 Å². The fraction of sp³-hybridized carbons (Fsp3) is 0.923. The zero-order valence-corrected chi connectivity index (χ0v) is 11.3. The van der Waals surface area contributed by atoms with E-state index in [2.05, 4.69) is 31.4 Å². The van der Waals surface area contributed by atoms with Gasteiger partial charge < -0.3 is 10.6 Å². The molecule has 1 atom stereocenters. The van der Waals surface area contributed by atoms with Gasteiger partial charge in [0.2, 0.25) is 5.91 Å². The first-order valence-corrected chi connectivity index (χ1v) is 6.66. The summed E-state index contributed by atoms with van der Waals surface area (Å²) >= 11 is 0. The number of hydrogen-bond acceptors (Lipinski definition) is 2. The highest BCUT2D eigenvalue weighted by Crippen LogP contribution is 2.05. The van der Waals surface area contributed by atoms with Crippen molar-refractivity contribution in [2.24, 2.45) is 5.92 Å². The van der Waals surface area contributed by atoms with Crippen LogP contribution in [0.2, 0.25) is 0 Å². The van der Waals surface area contributed by atoms with Gasteiger partial charge in [0.1, 0.15) is 0 Å². The van der Waals surface area contributed by atoms with Crippen molar-refractivity contribution in [2.75, 3.05) is 13.1 Å². The van der Waals surface area contributed by atoms with E-state index in [1.54, 1.807) is 0 Å². The summed E-state index contributed by atoms with van der Waals surface area (Å²) in [5.41, 5.74) is 0. The molecule has 0 aliphatic heterocycles. The summed E-state index contributed by atoms with van der Waals surface area (Å²) in [6, 6.07) is -0.0718. The summed E-state index contributed by atoms with van der Waals surface area (Å²) in [7, 11) is 0. The van der Waals surface area contributed by atoms with E-state index in [0.29, 0.717) is 5.92 Å². The van der Waals surface area contributed by atoms with Crippen molar-refractivity contribution in [1.29, 1.82) is 0 Å². The van der Waals surface area contributed by atoms with Gasteiger partial charge in [-0.15, -0.1) is 0 Å². The summed E-state index contributed by atoms with van der Waals surface area (Å²) in [6.45, 7) is 10.2. The lowest BCUT2D eigenvalue weighted by molar-refractivity contribution is -0.122. The number of rotatable bonds is 9. The molecule has 0 aromatic rings. The molecule has 0 bridgehead atoms. The van der Waals surface area contributed by atoms with Gasteiger partial charge in [0, 0.05) is 6.54 Å². The zero-order chi connectivity index (χ0) is 12.4. The van der Waals surface area contributed by atoms with Crippen molar-refractivity contribution >= 4 is 5.91 Å². The molecule has 0 aromatic carbocycles. The van der Waals surface area contributed by atoms with Crippen LogP contribution in [0, 0.1) is 5.92 Å². The molecular weight excluding hydrogens is 200 g/mol. The molecule has 0 saturated heterocycles. The Labute approximate surface area is 100 Å². The van der Waals surface area contributed by atoms with Crippen molar-refractivity contribution in [3.8, 4) is 0 Å². The van der Waals surface area contributed by atoms with Gasteiger partial charge in [-0.2, -0.15) is 0 Å². The summed E-state index contributed by atoms with van der Waals surface area (Å²) in [6.07, 6.45) is 4.53. The van der Waals surface area contributed by atoms with Crippen molar-refractivity contribution in [3.63, 3.8) is 0 Å². The lowest BCUT2D eigenvalue weighted by atomic mass is 10.0. The molecule has 0 fully saturated rings. The fourth-order valence-corrected chi connectivity index (χ4v) is 1.55. The normalized spacial score (nSPS) is 12.8. The number of nitrogens with one attached hydrogen (secondary N) is 2. The van der Waals surface area contributed by atoms with Crippen LogP contribution < -0.4 is 10.6 Å². The maximum atomic E-state index is 11.6. The molecule has 3 nitrogen and oxygen atoms in total. The van der Waals surface area contributed by atoms with Crippen LogP contribution in [0.15, 0.2) is 0 Å². The van der Waals surface area contributed by atoms with Gasteiger partial charge in [0.25, 0.3) is 0 Å². The molecule has 1 unspecified atom stereocenters. The zero-order valence-electron chi connectivity index (χ0n) is 11.3. The standard InChI is InChI=1S/C13H28N2O/c1-5-8-9-14-13(16)11(4)15-10-12(6-2)7-3/h11-12,15H,5-10H2,1-4H3,(H,14,16). The number of amides is 1. The van der Waals surface area contributed by atoms with Gasteiger partial charge in [-0.3, -0.25) is 4.79 Å². The first-order valence-electron chi connectivity index (χ1n) is 6.66. The summed E-state index contributed by atoms with van der Waals surface area (Å²) in [4.78, 5) is 11.6. The average molecular weight is 228 g/mol. The van der Waals surface area contributed by atoms with Gasteiger partial charge in [-0.25, -0.2) is 0 Å². The summed E-state index contributed by atoms with van der Waals surface area (Å²) < 4.78 is 0. The van der Waals surface area contributed by atoms with E-state index in [0.717, 1.165) is 25.9 Å². The molecule has 0 aromatic heterocycles. The monoisotopic (exact) mass is 228 g/mol. The predicted molar refractivity (Wildman–Crippen MR) is 69.5 cm³/mol. The number of carbonyl (C=O) groups is 1. The third kappa shape index (κ3) is 6.83. The summed E-state index contributed by atoms with van der Waals surface area (Å²) in [5, 5.41) is 6.24. The van der Waals surface area contributed by atoms with Crippen LogP contribution >= 0.6 is 0 Å². The molecule has 0 radical (unpaired) electrons. The van der Waals surface area contributed by atoms with E-state index in [1.807, 2.05) is 6.92 Å². The Morgan fingerprint density at radius 1 is 1.19 bits per heavy atom. The number of unbranched alkanes of at least 4 members (excludes halogenated alkanes) is 1. The van der Waals surface area contributed by atoms with Gasteiger partial charge in [0.05, 0.1) is 6.04 Å². The molecule has 0 saturated carbocycles. The van der Waals surface area contributed by atoms with Crippen molar-refractivity contribution < 1.29 is 4.79 Å². The van der Waals surface area contributed by atoms with Crippen LogP contribution in [0.4, 0.5) is 0 Å². The molecule has 0 heterocycles. The van der Waals surface area contributed by atoms with Gasteiger partial charge in [-0.1, -0.05) is 40.0 Å². The maximum absolute atomic E-state index is 11.6. The Hall–Kier alpha value is -0.570. The van der Waals surface area contributed by atoms with Crippen LogP contribution in [-0.4, -0.2) is 25.0 Å². The molecule has 3 heteroatoms. The minimum Gasteiger partial charge on any atom is -0.355 e. The quantitative estimate of drug-likeness (QED) is 0.595. The average Bonchev–Trinajstić information content (AvgIpc) is 2.30. The molecule has 2 N–H and O–H groups in total. The smallest absolute Gasteiger partial charge is 0.236 e. The number of carbonyl (C=O) groups excluding carboxylic acids is 1. The molecular formula is C13H28N2O. The molecule has 0 aliphatic carbocycles. The second-order valence-electron chi connectivity index (χ2n) is 4.46. The van der Waals surface area contributed by atoms with E-state index in [4.69, 9.17) is 0 Å². The van der Waals surface area contributed by atoms with Crippen LogP contribution in [0.5, 0.6) is 0 Å². The first-order chi connectivity index (χ1) is 7.65. The highest BCUT2D eigenvalue weighted by Gasteiger charge is 2.12. The lowest BCUT2D eigenvalue weighted by Crippen LogP contribution is -2.44. The van der Waals surface area contributed by atoms with Crippen molar-refractivity contribution in [3.05, 3.63) is 0 Å². The lowest BCUT2D eigenvalue weighted by Gasteiger charge is -2.18. The molecule has 96 valence electrons. The summed E-state index contributed by atoms with van der Waals surface area (Å²) in [5.74, 6) is 0.810. The largest absolute Gasteiger partial charge is 0.355 e. The fourth-order valence-electron chi connectivity index (χ4n) is 1.55. The van der Waals surface area contributed by atoms with Gasteiger partial charge in [-0.05, 0) is 25.8 Å². The van der Waals surface area contributed by atoms with Gasteiger partial charge in [0.15, 0.2) is 0 Å². The Morgan fingerprint density at radius 2 is 1.81 bits per heavy atom. The van der Waals surface area contributed by atoms with Crippen LogP contribution in [0.1, 0.15) is 53.4 Å². The molecule has 1 amide bonds. The topological polar surface area (TPSA) is 41.1 Å². The van der Waals surface area contributed by atoms with Crippen molar-refractivity contribution in [1.82, 2.24) is 10.6 Å². The molecule has 16 heavy (non-hydrogen) atoms. The molecule has 0 aliphatic rings. The Bertz CT molecular complexity index is 179. The minimum atomic E-state index is -0.0718. The molecule has 0 spiro atoms. The Balaban J connectivity index is 3.69. The highest BCUT2D eigenvalue weighted by molar-refractivity contribution is 5.81. The third-order valence-corrected chi connectivity index (χ3v) is 3.09. The van der Waals surface area contributed by atoms with Crippen LogP contribution in [-0.2, 0) is 4.79 Å². The predicted octanol–water partition coefficient (Wildman–Crippen LogP) is 2.32. The van der Waals surface area contributed by atoms with E-state index >= 15 is 0 Å². The SMILES string of the molecule is CCCCNC(=O)C(C)NCC(CC)CC. The van der Waals surface area contributed by atoms with Crippen LogP contribution in [0.25, 0.3) is 0 Å². The molecule has 0 rings (SSSR count). The maximum Gasteiger partial charge on any atom is 0.236 e. The Morgan fingerprint density at radius 3 is 2.31 bits per heavy atom.